The van der Waals surface area contributed by atoms with Crippen LogP contribution in [0.1, 0.15) is 28.4 Å². The fourth-order valence-corrected chi connectivity index (χ4v) is 2.33. The van der Waals surface area contributed by atoms with Gasteiger partial charge < -0.3 is 14.6 Å². The Bertz CT molecular complexity index is 765. The van der Waals surface area contributed by atoms with Crippen molar-refractivity contribution in [2.75, 3.05) is 0 Å². The molecule has 1 N–H and O–H groups in total. The average molecular weight is 349 g/mol. The average Bonchev–Trinajstić information content (AvgIpc) is 2.52. The SMILES string of the molecule is Cc1cccc(C)c1OC(C)C(=O)Oc1ccc(Cl)cc1C(=O)O. The number of rotatable bonds is 5. The monoisotopic (exact) mass is 348 g/mol. The maximum atomic E-state index is 12.2. The first-order valence-corrected chi connectivity index (χ1v) is 7.64. The van der Waals surface area contributed by atoms with Gasteiger partial charge in [0.2, 0.25) is 0 Å². The van der Waals surface area contributed by atoms with Crippen LogP contribution in [0.5, 0.6) is 11.5 Å². The van der Waals surface area contributed by atoms with E-state index >= 15 is 0 Å². The van der Waals surface area contributed by atoms with Crippen LogP contribution >= 0.6 is 11.6 Å². The number of aryl methyl sites for hydroxylation is 2. The third-order valence-electron chi connectivity index (χ3n) is 3.42. The second-order valence-corrected chi connectivity index (χ2v) is 5.78. The van der Waals surface area contributed by atoms with E-state index in [1.165, 1.54) is 18.2 Å². The molecule has 126 valence electrons. The number of carboxylic acids is 1. The van der Waals surface area contributed by atoms with Crippen LogP contribution in [0.25, 0.3) is 0 Å². The predicted octanol–water partition coefficient (Wildman–Crippen LogP) is 4.03. The van der Waals surface area contributed by atoms with E-state index in [1.54, 1.807) is 6.92 Å². The largest absolute Gasteiger partial charge is 0.478 e. The second-order valence-electron chi connectivity index (χ2n) is 5.35. The van der Waals surface area contributed by atoms with Crippen LogP contribution in [0.3, 0.4) is 0 Å². The highest BCUT2D eigenvalue weighted by atomic mass is 35.5. The maximum absolute atomic E-state index is 12.2. The van der Waals surface area contributed by atoms with Crippen molar-refractivity contribution in [1.29, 1.82) is 0 Å². The highest BCUT2D eigenvalue weighted by molar-refractivity contribution is 6.31. The van der Waals surface area contributed by atoms with Gasteiger partial charge in [0.1, 0.15) is 17.1 Å². The highest BCUT2D eigenvalue weighted by Gasteiger charge is 2.22. The number of carbonyl (C=O) groups excluding carboxylic acids is 1. The van der Waals surface area contributed by atoms with E-state index in [1.807, 2.05) is 32.0 Å². The molecule has 1 unspecified atom stereocenters. The summed E-state index contributed by atoms with van der Waals surface area (Å²) in [7, 11) is 0. The number of halogens is 1. The molecule has 1 atom stereocenters. The van der Waals surface area contributed by atoms with Gasteiger partial charge in [-0.25, -0.2) is 9.59 Å². The molecule has 0 saturated carbocycles. The first-order chi connectivity index (χ1) is 11.3. The molecule has 6 heteroatoms. The molecule has 0 bridgehead atoms. The Morgan fingerprint density at radius 3 is 2.33 bits per heavy atom. The third-order valence-corrected chi connectivity index (χ3v) is 3.65. The van der Waals surface area contributed by atoms with Gasteiger partial charge in [-0.15, -0.1) is 0 Å². The van der Waals surface area contributed by atoms with Crippen LogP contribution in [-0.4, -0.2) is 23.1 Å². The summed E-state index contributed by atoms with van der Waals surface area (Å²) in [4.78, 5) is 23.5. The van der Waals surface area contributed by atoms with Crippen LogP contribution in [0.4, 0.5) is 0 Å². The summed E-state index contributed by atoms with van der Waals surface area (Å²) in [5, 5.41) is 9.41. The van der Waals surface area contributed by atoms with Crippen molar-refractivity contribution in [2.24, 2.45) is 0 Å². The number of aromatic carboxylic acids is 1. The quantitative estimate of drug-likeness (QED) is 0.652. The molecule has 2 rings (SSSR count). The predicted molar refractivity (Wildman–Crippen MR) is 90.1 cm³/mol. The van der Waals surface area contributed by atoms with Gasteiger partial charge in [-0.3, -0.25) is 0 Å². The highest BCUT2D eigenvalue weighted by Crippen LogP contribution is 2.26. The van der Waals surface area contributed by atoms with Gasteiger partial charge in [-0.05, 0) is 50.1 Å². The Morgan fingerprint density at radius 1 is 1.12 bits per heavy atom. The molecule has 0 heterocycles. The topological polar surface area (TPSA) is 72.8 Å². The summed E-state index contributed by atoms with van der Waals surface area (Å²) in [6.45, 7) is 5.30. The number of carboxylic acid groups (broad SMARTS) is 1. The number of esters is 1. The number of carbonyl (C=O) groups is 2. The molecule has 5 nitrogen and oxygen atoms in total. The molecule has 0 aromatic heterocycles. The lowest BCUT2D eigenvalue weighted by Crippen LogP contribution is -2.29. The summed E-state index contributed by atoms with van der Waals surface area (Å²) in [6, 6.07) is 9.67. The molecule has 2 aromatic rings. The van der Waals surface area contributed by atoms with E-state index in [0.717, 1.165) is 11.1 Å². The van der Waals surface area contributed by atoms with Crippen molar-refractivity contribution in [3.63, 3.8) is 0 Å². The van der Waals surface area contributed by atoms with E-state index in [9.17, 15) is 9.59 Å². The lowest BCUT2D eigenvalue weighted by Gasteiger charge is -2.17. The summed E-state index contributed by atoms with van der Waals surface area (Å²) in [6.07, 6.45) is -0.901. The minimum absolute atomic E-state index is 0.0751. The first kappa shape index (κ1) is 17.8. The fourth-order valence-electron chi connectivity index (χ4n) is 2.16. The van der Waals surface area contributed by atoms with Crippen LogP contribution in [0.15, 0.2) is 36.4 Å². The van der Waals surface area contributed by atoms with E-state index in [4.69, 9.17) is 26.2 Å². The minimum atomic E-state index is -1.23. The molecule has 0 aliphatic carbocycles. The van der Waals surface area contributed by atoms with Gasteiger partial charge in [0, 0.05) is 5.02 Å². The van der Waals surface area contributed by atoms with Crippen molar-refractivity contribution in [1.82, 2.24) is 0 Å². The molecule has 0 aliphatic rings. The zero-order valence-corrected chi connectivity index (χ0v) is 14.3. The van der Waals surface area contributed by atoms with Crippen LogP contribution in [0.2, 0.25) is 5.02 Å². The lowest BCUT2D eigenvalue weighted by atomic mass is 10.1. The second kappa shape index (κ2) is 7.36. The Balaban J connectivity index is 2.17. The number of benzene rings is 2. The molecule has 0 aliphatic heterocycles. The van der Waals surface area contributed by atoms with Crippen LogP contribution in [0, 0.1) is 13.8 Å². The molecule has 24 heavy (non-hydrogen) atoms. The van der Waals surface area contributed by atoms with Crippen LogP contribution < -0.4 is 9.47 Å². The molecular formula is C18H17ClO5. The summed E-state index contributed by atoms with van der Waals surface area (Å²) in [5.74, 6) is -1.39. The standard InChI is InChI=1S/C18H17ClO5/c1-10-5-4-6-11(2)16(10)23-12(3)18(22)24-15-8-7-13(19)9-14(15)17(20)21/h4-9,12H,1-3H3,(H,20,21). The number of para-hydroxylation sites is 1. The molecule has 0 spiro atoms. The minimum Gasteiger partial charge on any atom is -0.478 e. The summed E-state index contributed by atoms with van der Waals surface area (Å²) in [5.41, 5.74) is 1.61. The number of hydrogen-bond acceptors (Lipinski definition) is 4. The Labute approximate surface area is 144 Å². The van der Waals surface area contributed by atoms with E-state index in [-0.39, 0.29) is 16.3 Å². The van der Waals surface area contributed by atoms with Gasteiger partial charge in [0.25, 0.3) is 0 Å². The molecule has 0 amide bonds. The van der Waals surface area contributed by atoms with Gasteiger partial charge in [-0.2, -0.15) is 0 Å². The first-order valence-electron chi connectivity index (χ1n) is 7.27. The Hall–Kier alpha value is -2.53. The van der Waals surface area contributed by atoms with Gasteiger partial charge in [0.15, 0.2) is 6.10 Å². The smallest absolute Gasteiger partial charge is 0.352 e. The zero-order chi connectivity index (χ0) is 17.9. The van der Waals surface area contributed by atoms with E-state index in [2.05, 4.69) is 0 Å². The fraction of sp³-hybridized carbons (Fsp3) is 0.222. The molecule has 0 saturated heterocycles. The van der Waals surface area contributed by atoms with Crippen molar-refractivity contribution >= 4 is 23.5 Å². The normalized spacial score (nSPS) is 11.7. The Kier molecular flexibility index (Phi) is 5.46. The van der Waals surface area contributed by atoms with E-state index < -0.39 is 18.0 Å². The van der Waals surface area contributed by atoms with Gasteiger partial charge in [0.05, 0.1) is 0 Å². The van der Waals surface area contributed by atoms with Crippen molar-refractivity contribution in [2.45, 2.75) is 26.9 Å². The van der Waals surface area contributed by atoms with E-state index in [0.29, 0.717) is 5.75 Å². The summed E-state index contributed by atoms with van der Waals surface area (Å²) >= 11 is 5.77. The van der Waals surface area contributed by atoms with Crippen molar-refractivity contribution < 1.29 is 24.2 Å². The number of hydrogen-bond donors (Lipinski definition) is 1. The van der Waals surface area contributed by atoms with Crippen molar-refractivity contribution in [3.05, 3.63) is 58.1 Å². The molecular weight excluding hydrogens is 332 g/mol. The van der Waals surface area contributed by atoms with Gasteiger partial charge in [-0.1, -0.05) is 29.8 Å². The third kappa shape index (κ3) is 4.06. The maximum Gasteiger partial charge on any atom is 0.352 e. The van der Waals surface area contributed by atoms with Crippen molar-refractivity contribution in [3.8, 4) is 11.5 Å². The van der Waals surface area contributed by atoms with Crippen LogP contribution in [-0.2, 0) is 4.79 Å². The Morgan fingerprint density at radius 2 is 1.75 bits per heavy atom. The zero-order valence-electron chi connectivity index (χ0n) is 13.5. The molecule has 0 fully saturated rings. The molecule has 2 aromatic carbocycles. The summed E-state index contributed by atoms with van der Waals surface area (Å²) < 4.78 is 10.9. The lowest BCUT2D eigenvalue weighted by molar-refractivity contribution is -0.141. The number of ether oxygens (including phenoxy) is 2. The van der Waals surface area contributed by atoms with Gasteiger partial charge >= 0.3 is 11.9 Å². The molecule has 0 radical (unpaired) electrons.